The van der Waals surface area contributed by atoms with Gasteiger partial charge in [-0.15, -0.1) is 0 Å². The zero-order valence-electron chi connectivity index (χ0n) is 14.4. The minimum absolute atomic E-state index is 0.0949. The third kappa shape index (κ3) is 2.63. The van der Waals surface area contributed by atoms with Crippen LogP contribution in [0.5, 0.6) is 0 Å². The number of rotatable bonds is 2. The highest BCUT2D eigenvalue weighted by molar-refractivity contribution is 9.10. The highest BCUT2D eigenvalue weighted by atomic mass is 79.9. The fourth-order valence-corrected chi connectivity index (χ4v) is 5.15. The maximum absolute atomic E-state index is 13.4. The van der Waals surface area contributed by atoms with Gasteiger partial charge in [0.05, 0.1) is 17.6 Å². The van der Waals surface area contributed by atoms with Crippen molar-refractivity contribution in [2.75, 3.05) is 18.0 Å². The molecule has 5 rings (SSSR count). The largest absolute Gasteiger partial charge is 0.274 e. The summed E-state index contributed by atoms with van der Waals surface area (Å²) < 4.78 is 1.92. The number of halogens is 2. The van der Waals surface area contributed by atoms with Crippen molar-refractivity contribution in [2.45, 2.75) is 18.5 Å². The van der Waals surface area contributed by atoms with Gasteiger partial charge in [-0.05, 0) is 48.4 Å². The summed E-state index contributed by atoms with van der Waals surface area (Å²) in [6, 6.07) is 14.9. The third-order valence-electron chi connectivity index (χ3n) is 5.70. The topological polar surface area (TPSA) is 43.9 Å². The number of carbonyl (C=O) groups is 2. The molecule has 27 heavy (non-hydrogen) atoms. The minimum Gasteiger partial charge on any atom is -0.274 e. The zero-order chi connectivity index (χ0) is 18.7. The Morgan fingerprint density at radius 2 is 1.30 bits per heavy atom. The second-order valence-corrected chi connectivity index (χ2v) is 8.97. The van der Waals surface area contributed by atoms with Crippen molar-refractivity contribution in [3.63, 3.8) is 0 Å². The van der Waals surface area contributed by atoms with Crippen LogP contribution in [-0.4, -0.2) is 41.0 Å². The Morgan fingerprint density at radius 3 is 1.93 bits per heavy atom. The average Bonchev–Trinajstić information content (AvgIpc) is 3.30. The summed E-state index contributed by atoms with van der Waals surface area (Å²) in [5.41, 5.74) is 1.72. The molecule has 0 unspecified atom stereocenters. The molecule has 0 aromatic heterocycles. The molecule has 3 fully saturated rings. The first-order valence-electron chi connectivity index (χ1n) is 8.98. The van der Waals surface area contributed by atoms with Gasteiger partial charge in [0, 0.05) is 22.0 Å². The van der Waals surface area contributed by atoms with Gasteiger partial charge < -0.3 is 0 Å². The van der Waals surface area contributed by atoms with Crippen LogP contribution in [0.25, 0.3) is 0 Å². The maximum atomic E-state index is 13.4. The number of hydrogen-bond acceptors (Lipinski definition) is 4. The molecule has 3 heterocycles. The van der Waals surface area contributed by atoms with E-state index in [9.17, 15) is 9.59 Å². The monoisotopic (exact) mass is 489 g/mol. The van der Waals surface area contributed by atoms with Gasteiger partial charge in [0.2, 0.25) is 5.91 Å². The first-order chi connectivity index (χ1) is 13.1. The van der Waals surface area contributed by atoms with Gasteiger partial charge in [0.25, 0.3) is 5.91 Å². The third-order valence-corrected chi connectivity index (χ3v) is 6.76. The highest BCUT2D eigenvalue weighted by Crippen LogP contribution is 2.49. The lowest BCUT2D eigenvalue weighted by Gasteiger charge is -2.29. The number of amides is 2. The van der Waals surface area contributed by atoms with Crippen molar-refractivity contribution in [3.8, 4) is 0 Å². The van der Waals surface area contributed by atoms with Crippen LogP contribution >= 0.6 is 31.9 Å². The molecule has 2 aromatic carbocycles. The number of imide groups is 1. The van der Waals surface area contributed by atoms with E-state index in [1.807, 2.05) is 48.5 Å². The smallest absolute Gasteiger partial charge is 0.253 e. The van der Waals surface area contributed by atoms with Gasteiger partial charge in [-0.3, -0.25) is 9.59 Å². The van der Waals surface area contributed by atoms with Gasteiger partial charge in [-0.2, -0.15) is 0 Å². The van der Waals surface area contributed by atoms with E-state index < -0.39 is 6.04 Å². The van der Waals surface area contributed by atoms with E-state index in [4.69, 9.17) is 0 Å². The van der Waals surface area contributed by atoms with Crippen molar-refractivity contribution >= 4 is 49.4 Å². The van der Waals surface area contributed by atoms with Gasteiger partial charge in [0.15, 0.2) is 0 Å². The number of carbonyl (C=O) groups excluding carboxylic acids is 2. The van der Waals surface area contributed by atoms with E-state index >= 15 is 0 Å². The molecule has 0 bridgehead atoms. The van der Waals surface area contributed by atoms with Crippen LogP contribution in [0.4, 0.5) is 5.69 Å². The normalized spacial score (nSPS) is 28.1. The molecule has 2 aromatic rings. The van der Waals surface area contributed by atoms with E-state index in [0.29, 0.717) is 5.69 Å². The molecule has 0 radical (unpaired) electrons. The van der Waals surface area contributed by atoms with Crippen LogP contribution in [0, 0.1) is 5.92 Å². The van der Waals surface area contributed by atoms with Crippen molar-refractivity contribution in [2.24, 2.45) is 5.92 Å². The molecule has 0 N–H and O–H groups in total. The van der Waals surface area contributed by atoms with E-state index in [1.54, 1.807) is 0 Å². The molecule has 3 aliphatic heterocycles. The number of hydrazine groups is 1. The fraction of sp³-hybridized carbons (Fsp3) is 0.300. The molecule has 3 atom stereocenters. The molecular weight excluding hydrogens is 474 g/mol. The molecule has 2 amide bonds. The van der Waals surface area contributed by atoms with Crippen LogP contribution in [-0.2, 0) is 9.59 Å². The first-order valence-corrected chi connectivity index (χ1v) is 10.6. The van der Waals surface area contributed by atoms with Crippen LogP contribution in [0.1, 0.15) is 18.0 Å². The zero-order valence-corrected chi connectivity index (χ0v) is 17.6. The highest BCUT2D eigenvalue weighted by Gasteiger charge is 2.62. The van der Waals surface area contributed by atoms with Gasteiger partial charge >= 0.3 is 0 Å². The molecule has 3 saturated heterocycles. The number of anilines is 1. The minimum atomic E-state index is -0.405. The second-order valence-electron chi connectivity index (χ2n) is 7.14. The van der Waals surface area contributed by atoms with E-state index in [-0.39, 0.29) is 23.8 Å². The fourth-order valence-electron chi connectivity index (χ4n) is 4.62. The van der Waals surface area contributed by atoms with Crippen molar-refractivity contribution in [1.29, 1.82) is 0 Å². The predicted molar refractivity (Wildman–Crippen MR) is 109 cm³/mol. The van der Waals surface area contributed by atoms with Gasteiger partial charge in [0.1, 0.15) is 6.04 Å². The summed E-state index contributed by atoms with van der Waals surface area (Å²) in [6.45, 7) is 1.70. The Balaban J connectivity index is 1.57. The lowest BCUT2D eigenvalue weighted by Crippen LogP contribution is -2.44. The van der Waals surface area contributed by atoms with Crippen LogP contribution in [0.15, 0.2) is 57.5 Å². The van der Waals surface area contributed by atoms with E-state index in [1.165, 1.54) is 4.90 Å². The van der Waals surface area contributed by atoms with Crippen molar-refractivity contribution < 1.29 is 9.59 Å². The number of fused-ring (bicyclic) bond motifs is 3. The van der Waals surface area contributed by atoms with Crippen LogP contribution < -0.4 is 4.90 Å². The number of nitrogens with zero attached hydrogens (tertiary/aromatic N) is 3. The second kappa shape index (κ2) is 6.51. The molecule has 0 aliphatic carbocycles. The number of benzene rings is 2. The van der Waals surface area contributed by atoms with E-state index in [0.717, 1.165) is 34.0 Å². The summed E-state index contributed by atoms with van der Waals surface area (Å²) in [5, 5.41) is 4.35. The summed E-state index contributed by atoms with van der Waals surface area (Å²) in [6.07, 6.45) is 1.01. The Bertz CT molecular complexity index is 916. The van der Waals surface area contributed by atoms with Crippen molar-refractivity contribution in [1.82, 2.24) is 10.0 Å². The molecular formula is C20H17Br2N3O2. The molecule has 0 saturated carbocycles. The summed E-state index contributed by atoms with van der Waals surface area (Å²) >= 11 is 6.89. The molecule has 7 heteroatoms. The van der Waals surface area contributed by atoms with Gasteiger partial charge in [-0.25, -0.2) is 14.9 Å². The SMILES string of the molecule is O=C1[C@@H]2[C@@H](C(=O)N1c1ccc(Br)cc1)N1CCCN1[C@@H]2c1ccc(Br)cc1. The lowest BCUT2D eigenvalue weighted by atomic mass is 9.90. The first kappa shape index (κ1) is 17.6. The Morgan fingerprint density at radius 1 is 0.741 bits per heavy atom. The van der Waals surface area contributed by atoms with E-state index in [2.05, 4.69) is 41.9 Å². The standard InChI is InChI=1S/C20H17Br2N3O2/c21-13-4-2-12(3-5-13)17-16-18(24-11-1-10-23(17)24)20(27)25(19(16)26)15-8-6-14(22)7-9-15/h2-9,16-18H,1,10-11H2/t16-,17+,18-/m0/s1. The number of hydrogen-bond donors (Lipinski definition) is 0. The van der Waals surface area contributed by atoms with Crippen LogP contribution in [0.2, 0.25) is 0 Å². The van der Waals surface area contributed by atoms with Gasteiger partial charge in [-0.1, -0.05) is 44.0 Å². The van der Waals surface area contributed by atoms with Crippen LogP contribution in [0.3, 0.4) is 0 Å². The Hall–Kier alpha value is -1.54. The molecule has 3 aliphatic rings. The lowest BCUT2D eigenvalue weighted by molar-refractivity contribution is -0.126. The quantitative estimate of drug-likeness (QED) is 0.601. The molecule has 138 valence electrons. The summed E-state index contributed by atoms with van der Waals surface area (Å²) in [5.74, 6) is -0.587. The summed E-state index contributed by atoms with van der Waals surface area (Å²) in [4.78, 5) is 28.0. The summed E-state index contributed by atoms with van der Waals surface area (Å²) in [7, 11) is 0. The Kier molecular flexibility index (Phi) is 4.23. The molecule has 5 nitrogen and oxygen atoms in total. The maximum Gasteiger partial charge on any atom is 0.253 e. The van der Waals surface area contributed by atoms with Crippen molar-refractivity contribution in [3.05, 3.63) is 63.0 Å². The average molecular weight is 491 g/mol. The Labute approximate surface area is 174 Å². The molecule has 0 spiro atoms. The predicted octanol–water partition coefficient (Wildman–Crippen LogP) is 3.75.